The number of pyridine rings is 1. The number of sulfonamides is 1. The minimum absolute atomic E-state index is 0.00556. The predicted octanol–water partition coefficient (Wildman–Crippen LogP) is 0.439. The number of nitrogens with one attached hydrogen (secondary N) is 1. The van der Waals surface area contributed by atoms with E-state index < -0.39 is 15.6 Å². The van der Waals surface area contributed by atoms with Crippen molar-refractivity contribution in [2.75, 3.05) is 26.3 Å². The van der Waals surface area contributed by atoms with Crippen molar-refractivity contribution in [3.8, 4) is 0 Å². The molecule has 1 aliphatic rings. The van der Waals surface area contributed by atoms with Gasteiger partial charge in [0.15, 0.2) is 0 Å². The van der Waals surface area contributed by atoms with Gasteiger partial charge in [-0.25, -0.2) is 8.42 Å². The van der Waals surface area contributed by atoms with Gasteiger partial charge in [0.1, 0.15) is 5.02 Å². The second kappa shape index (κ2) is 5.40. The van der Waals surface area contributed by atoms with Crippen LogP contribution in [0, 0.1) is 0 Å². The molecule has 1 fully saturated rings. The molecule has 100 valence electrons. The lowest BCUT2D eigenvalue weighted by Gasteiger charge is -2.19. The normalized spacial score (nSPS) is 18.5. The van der Waals surface area contributed by atoms with Gasteiger partial charge in [-0.05, 0) is 12.5 Å². The summed E-state index contributed by atoms with van der Waals surface area (Å²) in [5.41, 5.74) is -0.505. The highest BCUT2D eigenvalue weighted by Crippen LogP contribution is 2.17. The number of halogens is 1. The van der Waals surface area contributed by atoms with Gasteiger partial charge in [0.05, 0.1) is 11.5 Å². The van der Waals surface area contributed by atoms with Crippen molar-refractivity contribution in [3.63, 3.8) is 0 Å². The number of aromatic amines is 1. The van der Waals surface area contributed by atoms with Crippen LogP contribution in [-0.4, -0.2) is 44.0 Å². The Kier molecular flexibility index (Phi) is 4.06. The third-order valence-electron chi connectivity index (χ3n) is 2.65. The maximum atomic E-state index is 12.3. The summed E-state index contributed by atoms with van der Waals surface area (Å²) in [5, 5.41) is -0.137. The molecule has 8 heteroatoms. The van der Waals surface area contributed by atoms with E-state index in [9.17, 15) is 13.2 Å². The zero-order valence-electron chi connectivity index (χ0n) is 9.56. The average molecular weight is 293 g/mol. The fourth-order valence-corrected chi connectivity index (χ4v) is 3.39. The maximum Gasteiger partial charge on any atom is 0.266 e. The molecule has 0 aromatic carbocycles. The van der Waals surface area contributed by atoms with Crippen LogP contribution in [-0.2, 0) is 14.8 Å². The molecular weight excluding hydrogens is 280 g/mol. The molecule has 1 aliphatic heterocycles. The first-order valence-electron chi connectivity index (χ1n) is 5.48. The van der Waals surface area contributed by atoms with Gasteiger partial charge in [-0.1, -0.05) is 11.6 Å². The third kappa shape index (κ3) is 2.74. The Morgan fingerprint density at radius 2 is 2.11 bits per heavy atom. The molecule has 0 saturated carbocycles. The number of ether oxygens (including phenoxy) is 1. The van der Waals surface area contributed by atoms with Crippen molar-refractivity contribution < 1.29 is 13.2 Å². The van der Waals surface area contributed by atoms with Crippen LogP contribution in [0.4, 0.5) is 0 Å². The van der Waals surface area contributed by atoms with Gasteiger partial charge in [0.25, 0.3) is 5.56 Å². The van der Waals surface area contributed by atoms with Crippen LogP contribution in [0.15, 0.2) is 22.0 Å². The predicted molar refractivity (Wildman–Crippen MR) is 66.3 cm³/mol. The Hall–Kier alpha value is -0.890. The van der Waals surface area contributed by atoms with Crippen LogP contribution < -0.4 is 5.56 Å². The quantitative estimate of drug-likeness (QED) is 0.858. The van der Waals surface area contributed by atoms with Crippen LogP contribution in [0.5, 0.6) is 0 Å². The van der Waals surface area contributed by atoms with E-state index >= 15 is 0 Å². The van der Waals surface area contributed by atoms with Crippen molar-refractivity contribution in [1.29, 1.82) is 0 Å². The molecule has 1 aromatic heterocycles. The van der Waals surface area contributed by atoms with Crippen molar-refractivity contribution in [2.45, 2.75) is 11.3 Å². The lowest BCUT2D eigenvalue weighted by atomic mass is 10.5. The maximum absolute atomic E-state index is 12.3. The summed E-state index contributed by atoms with van der Waals surface area (Å²) in [7, 11) is -3.63. The van der Waals surface area contributed by atoms with Gasteiger partial charge in [0, 0.05) is 25.9 Å². The summed E-state index contributed by atoms with van der Waals surface area (Å²) in [6.07, 6.45) is 1.81. The largest absolute Gasteiger partial charge is 0.380 e. The van der Waals surface area contributed by atoms with Gasteiger partial charge in [-0.3, -0.25) is 4.79 Å². The van der Waals surface area contributed by atoms with Gasteiger partial charge >= 0.3 is 0 Å². The number of H-pyrrole nitrogens is 1. The Balaban J connectivity index is 2.34. The fourth-order valence-electron chi connectivity index (χ4n) is 1.70. The Morgan fingerprint density at radius 1 is 1.33 bits per heavy atom. The summed E-state index contributed by atoms with van der Waals surface area (Å²) in [5.74, 6) is 0. The van der Waals surface area contributed by atoms with E-state index in [0.29, 0.717) is 32.7 Å². The second-order valence-corrected chi connectivity index (χ2v) is 6.23. The molecule has 1 saturated heterocycles. The Morgan fingerprint density at radius 3 is 2.83 bits per heavy atom. The standard InChI is InChI=1S/C10H13ClN2O4S/c11-9-6-8(7-12-10(9)14)18(15,16)13-2-1-4-17-5-3-13/h6-7H,1-5H2,(H,12,14). The SMILES string of the molecule is O=c1[nH]cc(S(=O)(=O)N2CCCOCC2)cc1Cl. The van der Waals surface area contributed by atoms with Crippen molar-refractivity contribution in [3.05, 3.63) is 27.6 Å². The van der Waals surface area contributed by atoms with E-state index in [-0.39, 0.29) is 9.92 Å². The van der Waals surface area contributed by atoms with Gasteiger partial charge < -0.3 is 9.72 Å². The molecule has 0 spiro atoms. The van der Waals surface area contributed by atoms with E-state index in [0.717, 1.165) is 6.20 Å². The van der Waals surface area contributed by atoms with E-state index in [4.69, 9.17) is 16.3 Å². The van der Waals surface area contributed by atoms with E-state index in [1.54, 1.807) is 0 Å². The van der Waals surface area contributed by atoms with Gasteiger partial charge in [-0.15, -0.1) is 0 Å². The first-order chi connectivity index (χ1) is 8.51. The first kappa shape index (κ1) is 13.5. The first-order valence-corrected chi connectivity index (χ1v) is 7.30. The van der Waals surface area contributed by atoms with E-state index in [1.165, 1.54) is 10.4 Å². The Bertz CT molecular complexity index is 576. The molecule has 6 nitrogen and oxygen atoms in total. The van der Waals surface area contributed by atoms with Crippen LogP contribution in [0.2, 0.25) is 5.02 Å². The van der Waals surface area contributed by atoms with E-state index in [2.05, 4.69) is 4.98 Å². The number of hydrogen-bond donors (Lipinski definition) is 1. The molecule has 0 bridgehead atoms. The molecule has 18 heavy (non-hydrogen) atoms. The number of aromatic nitrogens is 1. The molecule has 0 radical (unpaired) electrons. The molecule has 1 N–H and O–H groups in total. The lowest BCUT2D eigenvalue weighted by Crippen LogP contribution is -2.33. The highest BCUT2D eigenvalue weighted by molar-refractivity contribution is 7.89. The van der Waals surface area contributed by atoms with Crippen LogP contribution in [0.25, 0.3) is 0 Å². The van der Waals surface area contributed by atoms with E-state index in [1.807, 2.05) is 0 Å². The summed E-state index contributed by atoms with van der Waals surface area (Å²) in [6.45, 7) is 1.63. The summed E-state index contributed by atoms with van der Waals surface area (Å²) >= 11 is 5.64. The molecule has 2 rings (SSSR count). The summed E-state index contributed by atoms with van der Waals surface area (Å²) in [4.78, 5) is 13.4. The van der Waals surface area contributed by atoms with Gasteiger partial charge in [-0.2, -0.15) is 4.31 Å². The minimum Gasteiger partial charge on any atom is -0.380 e. The molecule has 0 unspecified atom stereocenters. The highest BCUT2D eigenvalue weighted by atomic mass is 35.5. The van der Waals surface area contributed by atoms with Crippen molar-refractivity contribution in [2.24, 2.45) is 0 Å². The summed E-state index contributed by atoms with van der Waals surface area (Å²) in [6, 6.07) is 1.17. The molecular formula is C10H13ClN2O4S. The molecule has 1 aromatic rings. The topological polar surface area (TPSA) is 79.5 Å². The van der Waals surface area contributed by atoms with Crippen LogP contribution in [0.1, 0.15) is 6.42 Å². The minimum atomic E-state index is -3.63. The van der Waals surface area contributed by atoms with Crippen LogP contribution >= 0.6 is 11.6 Å². The third-order valence-corrected chi connectivity index (χ3v) is 4.81. The van der Waals surface area contributed by atoms with Gasteiger partial charge in [0.2, 0.25) is 10.0 Å². The second-order valence-electron chi connectivity index (χ2n) is 3.88. The monoisotopic (exact) mass is 292 g/mol. The lowest BCUT2D eigenvalue weighted by molar-refractivity contribution is 0.148. The zero-order valence-corrected chi connectivity index (χ0v) is 11.1. The smallest absolute Gasteiger partial charge is 0.266 e. The average Bonchev–Trinajstić information content (AvgIpc) is 2.61. The molecule has 2 heterocycles. The number of hydrogen-bond acceptors (Lipinski definition) is 4. The fraction of sp³-hybridized carbons (Fsp3) is 0.500. The summed E-state index contributed by atoms with van der Waals surface area (Å²) < 4.78 is 31.1. The molecule has 0 atom stereocenters. The highest BCUT2D eigenvalue weighted by Gasteiger charge is 2.26. The van der Waals surface area contributed by atoms with Crippen molar-refractivity contribution in [1.82, 2.24) is 9.29 Å². The van der Waals surface area contributed by atoms with Crippen molar-refractivity contribution >= 4 is 21.6 Å². The Labute approximate surface area is 110 Å². The molecule has 0 aliphatic carbocycles. The number of rotatable bonds is 2. The zero-order chi connectivity index (χ0) is 13.2. The number of nitrogens with zero attached hydrogens (tertiary/aromatic N) is 1. The van der Waals surface area contributed by atoms with Crippen LogP contribution in [0.3, 0.4) is 0 Å². The molecule has 0 amide bonds.